The fourth-order valence-electron chi connectivity index (χ4n) is 3.45. The zero-order valence-corrected chi connectivity index (χ0v) is 16.0. The van der Waals surface area contributed by atoms with Crippen molar-refractivity contribution < 1.29 is 14.3 Å². The van der Waals surface area contributed by atoms with E-state index in [1.807, 2.05) is 6.07 Å². The van der Waals surface area contributed by atoms with Gasteiger partial charge in [-0.05, 0) is 55.0 Å². The first-order chi connectivity index (χ1) is 13.1. The highest BCUT2D eigenvalue weighted by Gasteiger charge is 2.20. The van der Waals surface area contributed by atoms with Crippen molar-refractivity contribution in [1.82, 2.24) is 4.98 Å². The second-order valence-electron chi connectivity index (χ2n) is 6.98. The minimum absolute atomic E-state index is 0.0194. The summed E-state index contributed by atoms with van der Waals surface area (Å²) >= 11 is 1.33. The number of pyridine rings is 1. The first-order valence-corrected chi connectivity index (χ1v) is 10.1. The van der Waals surface area contributed by atoms with Crippen molar-refractivity contribution in [3.05, 3.63) is 46.6 Å². The molecule has 0 saturated carbocycles. The lowest BCUT2D eigenvalue weighted by Gasteiger charge is -2.21. The van der Waals surface area contributed by atoms with Gasteiger partial charge < -0.3 is 9.47 Å². The lowest BCUT2D eigenvalue weighted by molar-refractivity contribution is 0.102. The maximum atomic E-state index is 12.6. The molecule has 6 heteroatoms. The van der Waals surface area contributed by atoms with Crippen LogP contribution in [0, 0.1) is 17.2 Å². The lowest BCUT2D eigenvalue weighted by atomic mass is 9.87. The molecule has 0 amide bonds. The highest BCUT2D eigenvalue weighted by molar-refractivity contribution is 8.00. The Balaban J connectivity index is 1.50. The van der Waals surface area contributed by atoms with E-state index in [2.05, 4.69) is 13.0 Å². The summed E-state index contributed by atoms with van der Waals surface area (Å²) in [5, 5.41) is 10.1. The Labute approximate surface area is 162 Å². The molecule has 27 heavy (non-hydrogen) atoms. The summed E-state index contributed by atoms with van der Waals surface area (Å²) in [6, 6.07) is 9.44. The number of ether oxygens (including phenoxy) is 2. The molecule has 0 N–H and O–H groups in total. The number of nitrogens with zero attached hydrogens (tertiary/aromatic N) is 2. The standard InChI is InChI=1S/C21H20N2O3S/c1-13-2-4-17-15(8-13)9-16(11-22)21(23-17)27-12-18(24)14-3-5-19-20(10-14)26-7-6-25-19/h3,5,9-10,13H,2,4,6-8,12H2,1H3. The Morgan fingerprint density at radius 1 is 1.30 bits per heavy atom. The van der Waals surface area contributed by atoms with Gasteiger partial charge in [0.05, 0.1) is 11.3 Å². The predicted octanol–water partition coefficient (Wildman–Crippen LogP) is 3.82. The molecule has 0 fully saturated rings. The summed E-state index contributed by atoms with van der Waals surface area (Å²) in [7, 11) is 0. The second-order valence-corrected chi connectivity index (χ2v) is 7.94. The maximum Gasteiger partial charge on any atom is 0.173 e. The van der Waals surface area contributed by atoms with Crippen molar-refractivity contribution in [2.45, 2.75) is 31.2 Å². The van der Waals surface area contributed by atoms with Crippen LogP contribution in [-0.4, -0.2) is 29.7 Å². The molecule has 4 rings (SSSR count). The number of fused-ring (bicyclic) bond motifs is 2. The van der Waals surface area contributed by atoms with Crippen LogP contribution in [0.5, 0.6) is 11.5 Å². The highest BCUT2D eigenvalue weighted by Crippen LogP contribution is 2.32. The molecule has 138 valence electrons. The van der Waals surface area contributed by atoms with Crippen LogP contribution in [0.15, 0.2) is 29.3 Å². The number of carbonyl (C=O) groups excluding carboxylic acids is 1. The molecule has 1 unspecified atom stereocenters. The number of ketones is 1. The number of rotatable bonds is 4. The van der Waals surface area contributed by atoms with E-state index in [0.717, 1.165) is 25.0 Å². The van der Waals surface area contributed by atoms with Gasteiger partial charge in [-0.1, -0.05) is 18.7 Å². The Morgan fingerprint density at radius 2 is 2.11 bits per heavy atom. The van der Waals surface area contributed by atoms with Crippen molar-refractivity contribution in [2.75, 3.05) is 19.0 Å². The molecule has 1 atom stereocenters. The number of benzene rings is 1. The number of thioether (sulfide) groups is 1. The van der Waals surface area contributed by atoms with Gasteiger partial charge in [-0.3, -0.25) is 4.79 Å². The molecule has 0 spiro atoms. The number of nitriles is 1. The zero-order valence-electron chi connectivity index (χ0n) is 15.2. The number of carbonyl (C=O) groups is 1. The first kappa shape index (κ1) is 17.9. The summed E-state index contributed by atoms with van der Waals surface area (Å²) in [4.78, 5) is 17.3. The lowest BCUT2D eigenvalue weighted by Crippen LogP contribution is -2.16. The van der Waals surface area contributed by atoms with E-state index in [4.69, 9.17) is 14.5 Å². The van der Waals surface area contributed by atoms with E-state index in [0.29, 0.717) is 46.8 Å². The molecule has 2 heterocycles. The Kier molecular flexibility index (Phi) is 5.04. The van der Waals surface area contributed by atoms with Crippen LogP contribution in [0.3, 0.4) is 0 Å². The van der Waals surface area contributed by atoms with E-state index >= 15 is 0 Å². The van der Waals surface area contributed by atoms with Crippen LogP contribution in [0.4, 0.5) is 0 Å². The maximum absolute atomic E-state index is 12.6. The van der Waals surface area contributed by atoms with Crippen molar-refractivity contribution in [3.8, 4) is 17.6 Å². The van der Waals surface area contributed by atoms with Crippen molar-refractivity contribution in [3.63, 3.8) is 0 Å². The van der Waals surface area contributed by atoms with Crippen molar-refractivity contribution in [2.24, 2.45) is 5.92 Å². The van der Waals surface area contributed by atoms with Crippen LogP contribution in [0.1, 0.15) is 40.5 Å². The Bertz CT molecular complexity index is 936. The van der Waals surface area contributed by atoms with Gasteiger partial charge in [0.1, 0.15) is 24.3 Å². The summed E-state index contributed by atoms with van der Waals surface area (Å²) in [6.07, 6.45) is 3.02. The number of hydrogen-bond acceptors (Lipinski definition) is 6. The van der Waals surface area contributed by atoms with Crippen LogP contribution in [0.25, 0.3) is 0 Å². The molecule has 2 aliphatic rings. The second kappa shape index (κ2) is 7.61. The van der Waals surface area contributed by atoms with E-state index in [9.17, 15) is 10.1 Å². The Hall–Kier alpha value is -2.52. The van der Waals surface area contributed by atoms with Crippen LogP contribution in [-0.2, 0) is 12.8 Å². The summed E-state index contributed by atoms with van der Waals surface area (Å²) in [6.45, 7) is 3.24. The highest BCUT2D eigenvalue weighted by atomic mass is 32.2. The van der Waals surface area contributed by atoms with E-state index in [1.165, 1.54) is 17.3 Å². The first-order valence-electron chi connectivity index (χ1n) is 9.12. The molecule has 0 saturated heterocycles. The number of Topliss-reactive ketones (excluding diaryl/α,β-unsaturated/α-hetero) is 1. The smallest absolute Gasteiger partial charge is 0.173 e. The summed E-state index contributed by atoms with van der Waals surface area (Å²) < 4.78 is 11.0. The molecule has 5 nitrogen and oxygen atoms in total. The van der Waals surface area contributed by atoms with E-state index in [-0.39, 0.29) is 11.5 Å². The van der Waals surface area contributed by atoms with Gasteiger partial charge in [-0.15, -0.1) is 0 Å². The van der Waals surface area contributed by atoms with Gasteiger partial charge in [-0.25, -0.2) is 4.98 Å². The van der Waals surface area contributed by atoms with Gasteiger partial charge in [0.2, 0.25) is 0 Å². The molecule has 1 aliphatic carbocycles. The van der Waals surface area contributed by atoms with Gasteiger partial charge in [-0.2, -0.15) is 5.26 Å². The minimum Gasteiger partial charge on any atom is -0.486 e. The van der Waals surface area contributed by atoms with Crippen molar-refractivity contribution in [1.29, 1.82) is 5.26 Å². The normalized spacial score (nSPS) is 17.7. The number of hydrogen-bond donors (Lipinski definition) is 0. The fourth-order valence-corrected chi connectivity index (χ4v) is 4.32. The SMILES string of the molecule is CC1CCc2nc(SCC(=O)c3ccc4c(c3)OCCO4)c(C#N)cc2C1. The largest absolute Gasteiger partial charge is 0.486 e. The van der Waals surface area contributed by atoms with Gasteiger partial charge >= 0.3 is 0 Å². The third-order valence-corrected chi connectivity index (χ3v) is 5.91. The number of aryl methyl sites for hydroxylation is 1. The average Bonchev–Trinajstić information content (AvgIpc) is 2.70. The predicted molar refractivity (Wildman–Crippen MR) is 103 cm³/mol. The molecule has 2 aromatic rings. The topological polar surface area (TPSA) is 72.2 Å². The monoisotopic (exact) mass is 380 g/mol. The molecule has 0 bridgehead atoms. The van der Waals surface area contributed by atoms with E-state index < -0.39 is 0 Å². The zero-order chi connectivity index (χ0) is 18.8. The average molecular weight is 380 g/mol. The van der Waals surface area contributed by atoms with Crippen LogP contribution >= 0.6 is 11.8 Å². The quantitative estimate of drug-likeness (QED) is 0.593. The molecule has 1 aromatic heterocycles. The third kappa shape index (κ3) is 3.79. The fraction of sp³-hybridized carbons (Fsp3) is 0.381. The molecule has 1 aromatic carbocycles. The molecular formula is C21H20N2O3S. The van der Waals surface area contributed by atoms with Crippen LogP contribution in [0.2, 0.25) is 0 Å². The Morgan fingerprint density at radius 3 is 2.93 bits per heavy atom. The molecule has 1 aliphatic heterocycles. The van der Waals surface area contributed by atoms with Gasteiger partial charge in [0.25, 0.3) is 0 Å². The van der Waals surface area contributed by atoms with E-state index in [1.54, 1.807) is 18.2 Å². The molecule has 0 radical (unpaired) electrons. The number of aromatic nitrogens is 1. The summed E-state index contributed by atoms with van der Waals surface area (Å²) in [5.41, 5.74) is 3.38. The van der Waals surface area contributed by atoms with Crippen molar-refractivity contribution >= 4 is 17.5 Å². The minimum atomic E-state index is -0.0194. The van der Waals surface area contributed by atoms with Crippen LogP contribution < -0.4 is 9.47 Å². The third-order valence-electron chi connectivity index (χ3n) is 4.92. The molecular weight excluding hydrogens is 360 g/mol. The van der Waals surface area contributed by atoms with Gasteiger partial charge in [0.15, 0.2) is 17.3 Å². The summed E-state index contributed by atoms with van der Waals surface area (Å²) in [5.74, 6) is 2.12. The van der Waals surface area contributed by atoms with Gasteiger partial charge in [0, 0.05) is 11.3 Å².